The van der Waals surface area contributed by atoms with Crippen molar-refractivity contribution >= 4 is 23.2 Å². The predicted molar refractivity (Wildman–Crippen MR) is 103 cm³/mol. The smallest absolute Gasteiger partial charge is 0.222 e. The molecule has 138 valence electrons. The van der Waals surface area contributed by atoms with E-state index in [2.05, 4.69) is 4.98 Å². The van der Waals surface area contributed by atoms with E-state index in [1.165, 1.54) is 0 Å². The molecule has 0 fully saturated rings. The molecule has 2 atom stereocenters. The van der Waals surface area contributed by atoms with E-state index >= 15 is 0 Å². The minimum atomic E-state index is -0.788. The number of rotatable bonds is 3. The van der Waals surface area contributed by atoms with Crippen molar-refractivity contribution < 1.29 is 14.3 Å². The molecule has 2 heterocycles. The maximum absolute atomic E-state index is 13.2. The molecule has 1 aromatic heterocycles. The number of hydrogen-bond donors (Lipinski definition) is 0. The zero-order chi connectivity index (χ0) is 19.2. The number of ketones is 2. The first-order chi connectivity index (χ1) is 12.9. The molecule has 0 radical (unpaired) electrons. The van der Waals surface area contributed by atoms with Gasteiger partial charge in [0, 0.05) is 29.6 Å². The second-order valence-electron chi connectivity index (χ2n) is 7.92. The van der Waals surface area contributed by atoms with E-state index in [0.29, 0.717) is 34.9 Å². The molecule has 0 saturated carbocycles. The van der Waals surface area contributed by atoms with Gasteiger partial charge in [0.2, 0.25) is 5.78 Å². The highest BCUT2D eigenvalue weighted by molar-refractivity contribution is 6.30. The fraction of sp³-hybridized carbons (Fsp3) is 0.318. The van der Waals surface area contributed by atoms with Gasteiger partial charge in [-0.05, 0) is 35.2 Å². The number of carbonyl (C=O) groups is 2. The van der Waals surface area contributed by atoms with E-state index < -0.39 is 12.0 Å². The molecule has 27 heavy (non-hydrogen) atoms. The van der Waals surface area contributed by atoms with Crippen LogP contribution in [0, 0.1) is 5.41 Å². The summed E-state index contributed by atoms with van der Waals surface area (Å²) in [6.45, 7) is 4.09. The maximum Gasteiger partial charge on any atom is 0.222 e. The van der Waals surface area contributed by atoms with Crippen molar-refractivity contribution in [3.63, 3.8) is 0 Å². The number of carbonyl (C=O) groups excluding carboxylic acids is 2. The molecule has 1 aliphatic carbocycles. The van der Waals surface area contributed by atoms with Crippen LogP contribution in [0.1, 0.15) is 48.7 Å². The second-order valence-corrected chi connectivity index (χ2v) is 8.36. The Morgan fingerprint density at radius 1 is 1.15 bits per heavy atom. The number of pyridine rings is 1. The fourth-order valence-corrected chi connectivity index (χ4v) is 4.10. The molecular formula is C22H20ClNO3. The van der Waals surface area contributed by atoms with Gasteiger partial charge in [0.05, 0.1) is 5.92 Å². The summed E-state index contributed by atoms with van der Waals surface area (Å²) in [6, 6.07) is 12.5. The van der Waals surface area contributed by atoms with Gasteiger partial charge in [-0.25, -0.2) is 0 Å². The Hall–Kier alpha value is -2.46. The molecular weight excluding hydrogens is 362 g/mol. The summed E-state index contributed by atoms with van der Waals surface area (Å²) in [5, 5.41) is 0.607. The minimum absolute atomic E-state index is 0.0533. The first-order valence-corrected chi connectivity index (χ1v) is 9.37. The van der Waals surface area contributed by atoms with E-state index in [4.69, 9.17) is 16.3 Å². The monoisotopic (exact) mass is 381 g/mol. The summed E-state index contributed by atoms with van der Waals surface area (Å²) < 4.78 is 6.12. The van der Waals surface area contributed by atoms with Gasteiger partial charge < -0.3 is 4.74 Å². The Labute approximate surface area is 163 Å². The number of Topliss-reactive ketones (excluding diaryl/α,β-unsaturated/α-hetero) is 2. The van der Waals surface area contributed by atoms with Gasteiger partial charge in [0.15, 0.2) is 11.9 Å². The summed E-state index contributed by atoms with van der Waals surface area (Å²) >= 11 is 6.03. The molecule has 2 aliphatic rings. The minimum Gasteiger partial charge on any atom is -0.485 e. The quantitative estimate of drug-likeness (QED) is 0.720. The topological polar surface area (TPSA) is 56.3 Å². The molecule has 0 unspecified atom stereocenters. The van der Waals surface area contributed by atoms with Gasteiger partial charge in [-0.15, -0.1) is 0 Å². The highest BCUT2D eigenvalue weighted by atomic mass is 35.5. The highest BCUT2D eigenvalue weighted by Crippen LogP contribution is 2.49. The van der Waals surface area contributed by atoms with Crippen LogP contribution in [0.25, 0.3) is 0 Å². The van der Waals surface area contributed by atoms with Crippen molar-refractivity contribution in [2.45, 2.75) is 38.7 Å². The lowest BCUT2D eigenvalue weighted by Crippen LogP contribution is -2.30. The number of halogens is 1. The normalized spacial score (nSPS) is 23.7. The van der Waals surface area contributed by atoms with E-state index in [0.717, 1.165) is 5.56 Å². The summed E-state index contributed by atoms with van der Waals surface area (Å²) in [6.07, 6.45) is 1.89. The van der Waals surface area contributed by atoms with Crippen molar-refractivity contribution in [1.29, 1.82) is 0 Å². The largest absolute Gasteiger partial charge is 0.485 e. The van der Waals surface area contributed by atoms with Crippen molar-refractivity contribution in [2.24, 2.45) is 5.41 Å². The van der Waals surface area contributed by atoms with Crippen LogP contribution in [0.15, 0.2) is 60.0 Å². The third-order valence-electron chi connectivity index (χ3n) is 5.17. The maximum atomic E-state index is 13.2. The van der Waals surface area contributed by atoms with Gasteiger partial charge in [-0.1, -0.05) is 43.6 Å². The number of ether oxygens (including phenoxy) is 1. The van der Waals surface area contributed by atoms with Crippen LogP contribution in [0.3, 0.4) is 0 Å². The Balaban J connectivity index is 1.79. The number of aromatic nitrogens is 1. The summed E-state index contributed by atoms with van der Waals surface area (Å²) in [4.78, 5) is 30.3. The Kier molecular flexibility index (Phi) is 4.39. The SMILES string of the molecule is CC1(C)CC(=O)C2=C(C1)O[C@@H](C(=O)c1ccccn1)[C@@H]2c1ccc(Cl)cc1. The van der Waals surface area contributed by atoms with Gasteiger partial charge in [-0.3, -0.25) is 14.6 Å². The molecule has 0 bridgehead atoms. The van der Waals surface area contributed by atoms with E-state index in [-0.39, 0.29) is 17.0 Å². The Bertz CT molecular complexity index is 932. The van der Waals surface area contributed by atoms with Crippen molar-refractivity contribution in [2.75, 3.05) is 0 Å². The molecule has 4 rings (SSSR count). The predicted octanol–water partition coefficient (Wildman–Crippen LogP) is 4.74. The third-order valence-corrected chi connectivity index (χ3v) is 5.42. The molecule has 0 spiro atoms. The summed E-state index contributed by atoms with van der Waals surface area (Å²) in [5.74, 6) is 0.0499. The standard InChI is InChI=1S/C22H20ClNO3/c1-22(2)11-16(25)19-17(12-22)27-21(20(26)15-5-3-4-10-24-15)18(19)13-6-8-14(23)9-7-13/h3-10,18,21H,11-12H2,1-2H3/t18-,21-/m1/s1. The third kappa shape index (κ3) is 3.30. The average Bonchev–Trinajstić information content (AvgIpc) is 3.00. The summed E-state index contributed by atoms with van der Waals surface area (Å²) in [7, 11) is 0. The number of benzene rings is 1. The van der Waals surface area contributed by atoms with E-state index in [1.807, 2.05) is 26.0 Å². The fourth-order valence-electron chi connectivity index (χ4n) is 3.97. The average molecular weight is 382 g/mol. The first kappa shape index (κ1) is 17.9. The highest BCUT2D eigenvalue weighted by Gasteiger charge is 2.49. The van der Waals surface area contributed by atoms with Crippen molar-refractivity contribution in [3.8, 4) is 0 Å². The lowest BCUT2D eigenvalue weighted by Gasteiger charge is -2.29. The molecule has 0 saturated heterocycles. The van der Waals surface area contributed by atoms with Crippen LogP contribution in [0.2, 0.25) is 5.02 Å². The Morgan fingerprint density at radius 3 is 2.56 bits per heavy atom. The van der Waals surface area contributed by atoms with Crippen LogP contribution in [-0.4, -0.2) is 22.7 Å². The lowest BCUT2D eigenvalue weighted by molar-refractivity contribution is -0.118. The lowest BCUT2D eigenvalue weighted by atomic mass is 9.72. The van der Waals surface area contributed by atoms with E-state index in [9.17, 15) is 9.59 Å². The molecule has 4 nitrogen and oxygen atoms in total. The van der Waals surface area contributed by atoms with Crippen molar-refractivity contribution in [3.05, 3.63) is 76.3 Å². The van der Waals surface area contributed by atoms with Crippen LogP contribution >= 0.6 is 11.6 Å². The number of allylic oxidation sites excluding steroid dienone is 1. The zero-order valence-corrected chi connectivity index (χ0v) is 16.0. The van der Waals surface area contributed by atoms with Gasteiger partial charge in [0.1, 0.15) is 11.5 Å². The number of hydrogen-bond acceptors (Lipinski definition) is 4. The Morgan fingerprint density at radius 2 is 1.89 bits per heavy atom. The summed E-state index contributed by atoms with van der Waals surface area (Å²) in [5.41, 5.74) is 1.65. The molecule has 5 heteroatoms. The second kappa shape index (κ2) is 6.61. The van der Waals surface area contributed by atoms with Gasteiger partial charge in [0.25, 0.3) is 0 Å². The molecule has 1 aliphatic heterocycles. The van der Waals surface area contributed by atoms with Gasteiger partial charge in [-0.2, -0.15) is 0 Å². The molecule has 1 aromatic carbocycles. The van der Waals surface area contributed by atoms with Crippen LogP contribution < -0.4 is 0 Å². The molecule has 2 aromatic rings. The zero-order valence-electron chi connectivity index (χ0n) is 15.2. The van der Waals surface area contributed by atoms with Crippen LogP contribution in [-0.2, 0) is 9.53 Å². The van der Waals surface area contributed by atoms with E-state index in [1.54, 1.807) is 36.5 Å². The van der Waals surface area contributed by atoms with Crippen LogP contribution in [0.4, 0.5) is 0 Å². The number of nitrogens with zero attached hydrogens (tertiary/aromatic N) is 1. The first-order valence-electron chi connectivity index (χ1n) is 8.99. The van der Waals surface area contributed by atoms with Crippen LogP contribution in [0.5, 0.6) is 0 Å². The van der Waals surface area contributed by atoms with Crippen molar-refractivity contribution in [1.82, 2.24) is 4.98 Å². The van der Waals surface area contributed by atoms with Gasteiger partial charge >= 0.3 is 0 Å². The molecule has 0 amide bonds. The molecule has 0 N–H and O–H groups in total.